The third-order valence-electron chi connectivity index (χ3n) is 8.17. The maximum atomic E-state index is 9.70. The van der Waals surface area contributed by atoms with Gasteiger partial charge in [0, 0.05) is 21.9 Å². The summed E-state index contributed by atoms with van der Waals surface area (Å²) in [5.74, 6) is 0. The number of fused-ring (bicyclic) bond motifs is 4. The van der Waals surface area contributed by atoms with Crippen LogP contribution in [-0.2, 0) is 0 Å². The highest BCUT2D eigenvalue weighted by molar-refractivity contribution is 7.21. The van der Waals surface area contributed by atoms with Crippen molar-refractivity contribution in [2.45, 2.75) is 0 Å². The number of hydrogen-bond acceptors (Lipinski definition) is 5. The fraction of sp³-hybridized carbons (Fsp3) is 0. The minimum absolute atomic E-state index is 0.362. The van der Waals surface area contributed by atoms with Crippen molar-refractivity contribution in [2.75, 3.05) is 0 Å². The Bertz CT molecular complexity index is 2480. The fourth-order valence-electron chi connectivity index (χ4n) is 5.94. The third-order valence-corrected chi connectivity index (χ3v) is 9.25. The Balaban J connectivity index is 1.27. The maximum absolute atomic E-state index is 9.70. The SMILES string of the molecule is N#Cc1ccc(-c2cc(-c3ccc(-c4nc5ccccc5c5ccccc45)cc3)cc(-c3nc4ccccc4s3)c2)cc1C#N. The summed E-state index contributed by atoms with van der Waals surface area (Å²) in [5.41, 5.74) is 9.60. The van der Waals surface area contributed by atoms with E-state index >= 15 is 0 Å². The van der Waals surface area contributed by atoms with Gasteiger partial charge >= 0.3 is 0 Å². The van der Waals surface area contributed by atoms with Gasteiger partial charge in [-0.25, -0.2) is 9.97 Å². The number of hydrogen-bond donors (Lipinski definition) is 0. The molecule has 0 bridgehead atoms. The molecule has 0 aliphatic rings. The summed E-state index contributed by atoms with van der Waals surface area (Å²) < 4.78 is 1.13. The summed E-state index contributed by atoms with van der Waals surface area (Å²) >= 11 is 1.66. The number of pyridine rings is 1. The first kappa shape index (κ1) is 26.5. The van der Waals surface area contributed by atoms with Gasteiger partial charge in [0.2, 0.25) is 0 Å². The number of para-hydroxylation sites is 2. The van der Waals surface area contributed by atoms with Gasteiger partial charge in [-0.1, -0.05) is 84.9 Å². The Hall–Kier alpha value is -6.14. The molecule has 6 aromatic carbocycles. The second kappa shape index (κ2) is 10.8. The molecule has 0 spiro atoms. The summed E-state index contributed by atoms with van der Waals surface area (Å²) in [5, 5.41) is 23.6. The van der Waals surface area contributed by atoms with E-state index in [2.05, 4.69) is 103 Å². The smallest absolute Gasteiger partial charge is 0.124 e. The van der Waals surface area contributed by atoms with Crippen molar-refractivity contribution in [1.29, 1.82) is 10.5 Å². The average molecular weight is 591 g/mol. The molecule has 45 heavy (non-hydrogen) atoms. The van der Waals surface area contributed by atoms with Gasteiger partial charge in [0.05, 0.1) is 32.6 Å². The van der Waals surface area contributed by atoms with Gasteiger partial charge in [0.25, 0.3) is 0 Å². The lowest BCUT2D eigenvalue weighted by molar-refractivity contribution is 1.42. The van der Waals surface area contributed by atoms with Crippen molar-refractivity contribution in [1.82, 2.24) is 9.97 Å². The second-order valence-corrected chi connectivity index (χ2v) is 11.9. The number of thiazole rings is 1. The van der Waals surface area contributed by atoms with E-state index in [1.165, 1.54) is 5.39 Å². The molecule has 0 aliphatic carbocycles. The molecule has 0 radical (unpaired) electrons. The summed E-state index contributed by atoms with van der Waals surface area (Å²) in [6.07, 6.45) is 0. The summed E-state index contributed by atoms with van der Waals surface area (Å²) in [6.45, 7) is 0. The van der Waals surface area contributed by atoms with E-state index in [-0.39, 0.29) is 0 Å². The zero-order chi connectivity index (χ0) is 30.3. The van der Waals surface area contributed by atoms with Gasteiger partial charge in [0.15, 0.2) is 0 Å². The molecule has 0 aliphatic heterocycles. The molecule has 0 amide bonds. The highest BCUT2D eigenvalue weighted by atomic mass is 32.1. The van der Waals surface area contributed by atoms with Crippen LogP contribution < -0.4 is 0 Å². The number of benzene rings is 6. The molecule has 0 saturated heterocycles. The highest BCUT2D eigenvalue weighted by Crippen LogP contribution is 2.38. The van der Waals surface area contributed by atoms with Crippen LogP contribution in [0.4, 0.5) is 0 Å². The predicted molar refractivity (Wildman–Crippen MR) is 184 cm³/mol. The number of rotatable bonds is 4. The van der Waals surface area contributed by atoms with Crippen molar-refractivity contribution in [3.05, 3.63) is 145 Å². The molecular formula is C40H22N4S. The molecule has 4 nitrogen and oxygen atoms in total. The van der Waals surface area contributed by atoms with E-state index in [1.54, 1.807) is 23.5 Å². The van der Waals surface area contributed by atoms with Gasteiger partial charge in [-0.2, -0.15) is 10.5 Å². The summed E-state index contributed by atoms with van der Waals surface area (Å²) in [6, 6.07) is 49.5. The van der Waals surface area contributed by atoms with Crippen LogP contribution in [0.25, 0.3) is 76.0 Å². The Morgan fingerprint density at radius 3 is 1.80 bits per heavy atom. The molecule has 0 saturated carbocycles. The minimum atomic E-state index is 0.362. The van der Waals surface area contributed by atoms with Crippen molar-refractivity contribution in [2.24, 2.45) is 0 Å². The van der Waals surface area contributed by atoms with Crippen molar-refractivity contribution >= 4 is 43.2 Å². The molecule has 0 N–H and O–H groups in total. The number of nitriles is 2. The van der Waals surface area contributed by atoms with Crippen molar-refractivity contribution in [3.8, 4) is 56.2 Å². The first-order valence-corrected chi connectivity index (χ1v) is 15.3. The van der Waals surface area contributed by atoms with Crippen LogP contribution in [0.1, 0.15) is 11.1 Å². The van der Waals surface area contributed by atoms with Crippen LogP contribution in [0.2, 0.25) is 0 Å². The molecular weight excluding hydrogens is 569 g/mol. The fourth-order valence-corrected chi connectivity index (χ4v) is 6.89. The van der Waals surface area contributed by atoms with Crippen LogP contribution in [0, 0.1) is 22.7 Å². The number of aromatic nitrogens is 2. The third kappa shape index (κ3) is 4.69. The monoisotopic (exact) mass is 590 g/mol. The Morgan fingerprint density at radius 1 is 0.444 bits per heavy atom. The standard InChI is InChI=1S/C40H22N4S/c41-23-28-18-17-27(19-32(28)24-42)30-20-29(21-31(22-30)40-44-37-11-5-6-12-38(37)45-40)25-13-15-26(16-14-25)39-35-9-2-1-7-33(35)34-8-3-4-10-36(34)43-39/h1-22H. The molecule has 0 fully saturated rings. The zero-order valence-electron chi connectivity index (χ0n) is 23.9. The van der Waals surface area contributed by atoms with Crippen LogP contribution in [-0.4, -0.2) is 9.97 Å². The van der Waals surface area contributed by atoms with E-state index in [9.17, 15) is 10.5 Å². The maximum Gasteiger partial charge on any atom is 0.124 e. The number of nitrogens with zero attached hydrogens (tertiary/aromatic N) is 4. The lowest BCUT2D eigenvalue weighted by Crippen LogP contribution is -1.90. The van der Waals surface area contributed by atoms with Crippen LogP contribution in [0.15, 0.2) is 133 Å². The lowest BCUT2D eigenvalue weighted by Gasteiger charge is -2.12. The van der Waals surface area contributed by atoms with Gasteiger partial charge in [-0.05, 0) is 76.2 Å². The van der Waals surface area contributed by atoms with Gasteiger partial charge in [-0.15, -0.1) is 11.3 Å². The van der Waals surface area contributed by atoms with Crippen LogP contribution in [0.5, 0.6) is 0 Å². The van der Waals surface area contributed by atoms with Gasteiger partial charge in [0.1, 0.15) is 17.1 Å². The molecule has 8 aromatic rings. The molecule has 0 unspecified atom stereocenters. The minimum Gasteiger partial charge on any atom is -0.247 e. The van der Waals surface area contributed by atoms with Gasteiger partial charge in [-0.3, -0.25) is 0 Å². The predicted octanol–water partition coefficient (Wildman–Crippen LogP) is 10.4. The molecule has 208 valence electrons. The van der Waals surface area contributed by atoms with Gasteiger partial charge < -0.3 is 0 Å². The van der Waals surface area contributed by atoms with E-state index in [4.69, 9.17) is 9.97 Å². The lowest BCUT2D eigenvalue weighted by atomic mass is 9.93. The van der Waals surface area contributed by atoms with E-state index < -0.39 is 0 Å². The molecule has 8 rings (SSSR count). The molecule has 0 atom stereocenters. The van der Waals surface area contributed by atoms with E-state index in [0.717, 1.165) is 70.6 Å². The quantitative estimate of drug-likeness (QED) is 0.191. The van der Waals surface area contributed by atoms with E-state index in [0.29, 0.717) is 11.1 Å². The highest BCUT2D eigenvalue weighted by Gasteiger charge is 2.14. The second-order valence-electron chi connectivity index (χ2n) is 10.9. The Labute approximate surface area is 263 Å². The molecule has 2 heterocycles. The zero-order valence-corrected chi connectivity index (χ0v) is 24.7. The van der Waals surface area contributed by atoms with Crippen LogP contribution in [0.3, 0.4) is 0 Å². The Morgan fingerprint density at radius 2 is 1.04 bits per heavy atom. The first-order valence-electron chi connectivity index (χ1n) is 14.5. The summed E-state index contributed by atoms with van der Waals surface area (Å²) in [7, 11) is 0. The Kier molecular flexibility index (Phi) is 6.38. The van der Waals surface area contributed by atoms with E-state index in [1.807, 2.05) is 30.3 Å². The normalized spacial score (nSPS) is 11.1. The average Bonchev–Trinajstić information content (AvgIpc) is 3.55. The molecule has 2 aromatic heterocycles. The topological polar surface area (TPSA) is 73.4 Å². The first-order chi connectivity index (χ1) is 22.2. The van der Waals surface area contributed by atoms with Crippen molar-refractivity contribution < 1.29 is 0 Å². The largest absolute Gasteiger partial charge is 0.247 e. The van der Waals surface area contributed by atoms with Crippen molar-refractivity contribution in [3.63, 3.8) is 0 Å². The van der Waals surface area contributed by atoms with Crippen LogP contribution >= 0.6 is 11.3 Å². The summed E-state index contributed by atoms with van der Waals surface area (Å²) in [4.78, 5) is 10.0. The molecule has 5 heteroatoms.